The van der Waals surface area contributed by atoms with Crippen LogP contribution in [0.4, 0.5) is 13.2 Å². The van der Waals surface area contributed by atoms with Crippen LogP contribution in [0.5, 0.6) is 0 Å². The Morgan fingerprint density at radius 2 is 0.747 bits per heavy atom. The first-order valence-corrected chi connectivity index (χ1v) is 36.7. The van der Waals surface area contributed by atoms with Gasteiger partial charge in [-0.25, -0.2) is 0 Å². The van der Waals surface area contributed by atoms with Crippen LogP contribution in [0.3, 0.4) is 0 Å². The lowest BCUT2D eigenvalue weighted by atomic mass is 9.94. The minimum Gasteiger partial charge on any atom is -0.542 e. The zero-order valence-electron chi connectivity index (χ0n) is 58.8. The van der Waals surface area contributed by atoms with Gasteiger partial charge in [0.25, 0.3) is 0 Å². The number of halogens is 4. The number of thioether (sulfide) groups is 4. The molecule has 0 aromatic rings. The molecule has 2 unspecified atom stereocenters. The van der Waals surface area contributed by atoms with E-state index >= 15 is 0 Å². The van der Waals surface area contributed by atoms with E-state index in [-0.39, 0.29) is 110 Å². The van der Waals surface area contributed by atoms with Gasteiger partial charge in [-0.05, 0) is 61.5 Å². The number of hydrogen-bond acceptors (Lipinski definition) is 20. The number of carboxylic acids is 2. The number of carbonyl (C=O) groups excluding carboxylic acids is 2. The number of amides is 1. The maximum Gasteiger partial charge on any atom is 0.430 e. The summed E-state index contributed by atoms with van der Waals surface area (Å²) in [5.41, 5.74) is 1.53. The van der Waals surface area contributed by atoms with Gasteiger partial charge in [0.15, 0.2) is 5.54 Å². The summed E-state index contributed by atoms with van der Waals surface area (Å²) in [6, 6.07) is 0. The Hall–Kier alpha value is -4.84. The van der Waals surface area contributed by atoms with Gasteiger partial charge in [-0.2, -0.15) is 60.2 Å². The summed E-state index contributed by atoms with van der Waals surface area (Å²) in [5, 5.41) is 47.5. The van der Waals surface area contributed by atoms with Crippen molar-refractivity contribution in [1.29, 1.82) is 0 Å². The first-order chi connectivity index (χ1) is 47.2. The monoisotopic (exact) mass is 1540 g/mol. The number of aliphatic hydroxyl groups excluding tert-OH is 3. The van der Waals surface area contributed by atoms with E-state index < -0.39 is 34.6 Å². The molecule has 99 heavy (non-hydrogen) atoms. The third-order valence-corrected chi connectivity index (χ3v) is 17.5. The van der Waals surface area contributed by atoms with Crippen molar-refractivity contribution in [2.75, 3.05) is 179 Å². The van der Waals surface area contributed by atoms with Crippen molar-refractivity contribution in [3.8, 4) is 123 Å². The SMILES string of the molecule is C#CCBr.C#CCOCC(C)(COCC#C)COCC#C.C#CCOCC(COCC#C)(COCC#C)NC(=O)CCC(CSCCC)SCCC.C#CCOCC([NH3+])(COCC#C)COCC#C.CC(CO)(CO)CO.CCCSCC(CCC(=O)O)SCCC.O=C([O-])C(F)(F)F. The summed E-state index contributed by atoms with van der Waals surface area (Å²) in [7, 11) is 0. The number of carboxylic acid groups (broad SMARTS) is 2. The Labute approximate surface area is 617 Å². The smallest absolute Gasteiger partial charge is 0.430 e. The zero-order valence-corrected chi connectivity index (χ0v) is 63.7. The number of hydrogen-bond donors (Lipinski definition) is 6. The Balaban J connectivity index is -0.000000216. The number of rotatable bonds is 51. The molecule has 2 atom stereocenters. The highest BCUT2D eigenvalue weighted by Crippen LogP contribution is 2.24. The van der Waals surface area contributed by atoms with Crippen molar-refractivity contribution in [2.24, 2.45) is 10.8 Å². The highest BCUT2D eigenvalue weighted by molar-refractivity contribution is 9.09. The van der Waals surface area contributed by atoms with Crippen LogP contribution in [-0.4, -0.2) is 245 Å². The van der Waals surface area contributed by atoms with Gasteiger partial charge in [0.1, 0.15) is 90.8 Å². The standard InChI is InChI=1S/C24H37NO4S2.C14H18O3.C13H17NO3.C11H22O2S2.C5H12O3.C3H3Br.C2HF3O2/c1-6-13-27-19-24(20-28-14-7-2,21-29-15-8-3)25-23(26)12-11-22(31-17-10-5)18-30-16-9-4;1-5-8-15-11-14(4,12-16-9-6-2)13-17-10-7-3;1-4-7-15-10-13(14,11-16-8-5-2)12-17-9-6-3;1-3-7-14-9-10(15-8-4-2)5-6-11(12)13;1-5(2-6,3-7)4-8;1-2-3-4;3-2(4,5)1(6)7/h1-3,22H,9-21H2,4-5H3,(H,25,26);1-3H,8-13H2,4H3;1-3H,7-12,14H2;10H,3-9H2,1-2H3,(H,12,13);6-8H,2-4H2,1H3;1H,3H2;(H,6,7). The molecule has 0 aliphatic rings. The van der Waals surface area contributed by atoms with Crippen LogP contribution >= 0.6 is 63.0 Å². The molecule has 0 rings (SSSR count). The van der Waals surface area contributed by atoms with Gasteiger partial charge in [0.2, 0.25) is 5.91 Å². The third-order valence-electron chi connectivity index (χ3n) is 11.0. The van der Waals surface area contributed by atoms with Gasteiger partial charge in [-0.15, -0.1) is 64.2 Å². The Morgan fingerprint density at radius 3 is 0.970 bits per heavy atom. The van der Waals surface area contributed by atoms with Gasteiger partial charge in [0, 0.05) is 45.7 Å². The molecule has 0 heterocycles. The fraction of sp³-hybridized carbons (Fsp3) is 0.681. The summed E-state index contributed by atoms with van der Waals surface area (Å²) in [4.78, 5) is 32.1. The van der Waals surface area contributed by atoms with Gasteiger partial charge in [0.05, 0.1) is 64.8 Å². The third kappa shape index (κ3) is 80.3. The Bertz CT molecular complexity index is 2190. The van der Waals surface area contributed by atoms with E-state index in [1.807, 2.05) is 54.0 Å². The molecule has 562 valence electrons. The van der Waals surface area contributed by atoms with Crippen LogP contribution in [0.2, 0.25) is 0 Å². The van der Waals surface area contributed by atoms with E-state index in [4.69, 9.17) is 137 Å². The molecular weight excluding hydrogens is 1430 g/mol. The van der Waals surface area contributed by atoms with Crippen LogP contribution in [0.25, 0.3) is 0 Å². The number of quaternary nitrogens is 1. The topological polar surface area (TPSA) is 278 Å². The highest BCUT2D eigenvalue weighted by Gasteiger charge is 2.35. The van der Waals surface area contributed by atoms with Gasteiger partial charge in [-0.3, -0.25) is 9.59 Å². The van der Waals surface area contributed by atoms with E-state index in [2.05, 4.69) is 114 Å². The Kier molecular flexibility index (Phi) is 85.7. The molecule has 0 aliphatic carbocycles. The van der Waals surface area contributed by atoms with Crippen molar-refractivity contribution in [3.05, 3.63) is 0 Å². The van der Waals surface area contributed by atoms with E-state index in [9.17, 15) is 22.8 Å². The van der Waals surface area contributed by atoms with Crippen molar-refractivity contribution in [2.45, 2.75) is 121 Å². The van der Waals surface area contributed by atoms with Crippen LogP contribution in [0.1, 0.15) is 92.9 Å². The van der Waals surface area contributed by atoms with Crippen LogP contribution in [-0.2, 0) is 57.0 Å². The maximum absolute atomic E-state index is 12.9. The van der Waals surface area contributed by atoms with Gasteiger partial charge < -0.3 is 84.0 Å². The second-order valence-electron chi connectivity index (χ2n) is 21.4. The van der Waals surface area contributed by atoms with Crippen molar-refractivity contribution >= 4 is 80.8 Å². The average molecular weight is 1540 g/mol. The van der Waals surface area contributed by atoms with Crippen molar-refractivity contribution in [3.63, 3.8) is 0 Å². The van der Waals surface area contributed by atoms with Crippen molar-refractivity contribution < 1.29 is 101 Å². The molecular formula is C72H110BrF3N2O17S4. The number of terminal acetylenes is 10. The summed E-state index contributed by atoms with van der Waals surface area (Å²) >= 11 is 10.8. The molecule has 0 aromatic heterocycles. The Morgan fingerprint density at radius 1 is 0.485 bits per heavy atom. The highest BCUT2D eigenvalue weighted by atomic mass is 79.9. The number of carbonyl (C=O) groups is 3. The number of nitrogens with one attached hydrogen (secondary N) is 1. The predicted octanol–water partition coefficient (Wildman–Crippen LogP) is 5.87. The second-order valence-corrected chi connectivity index (χ2v) is 27.1. The quantitative estimate of drug-likeness (QED) is 0.0236. The summed E-state index contributed by atoms with van der Waals surface area (Å²) < 4.78 is 79.8. The van der Waals surface area contributed by atoms with Gasteiger partial charge >= 0.3 is 12.1 Å². The number of ether oxygens (including phenoxy) is 9. The van der Waals surface area contributed by atoms with E-state index in [0.29, 0.717) is 68.3 Å². The summed E-state index contributed by atoms with van der Waals surface area (Å²) in [6.45, 7) is 16.2. The molecule has 8 N–H and O–H groups in total. The van der Waals surface area contributed by atoms with E-state index in [1.165, 1.54) is 18.6 Å². The molecule has 0 fully saturated rings. The minimum atomic E-state index is -5.19. The molecule has 0 aromatic carbocycles. The molecule has 1 amide bonds. The lowest BCUT2D eigenvalue weighted by molar-refractivity contribution is -0.498. The maximum atomic E-state index is 12.9. The number of aliphatic carboxylic acids is 2. The van der Waals surface area contributed by atoms with E-state index in [0.717, 1.165) is 54.4 Å². The van der Waals surface area contributed by atoms with E-state index in [1.54, 1.807) is 6.92 Å². The minimum absolute atomic E-state index is 0.0829. The lowest BCUT2D eigenvalue weighted by Gasteiger charge is -2.33. The largest absolute Gasteiger partial charge is 0.542 e. The van der Waals surface area contributed by atoms with Gasteiger partial charge in [-0.1, -0.05) is 117 Å². The molecule has 27 heteroatoms. The molecule has 0 saturated heterocycles. The van der Waals surface area contributed by atoms with Crippen LogP contribution in [0, 0.1) is 134 Å². The normalized spacial score (nSPS) is 11.1. The first kappa shape index (κ1) is 108. The predicted molar refractivity (Wildman–Crippen MR) is 399 cm³/mol. The lowest BCUT2D eigenvalue weighted by Crippen LogP contribution is -2.79. The average Bonchev–Trinajstić information content (AvgIpc) is 0.865. The number of aliphatic hydroxyl groups is 3. The second kappa shape index (κ2) is 78.9. The number of alkyl halides is 4. The molecule has 0 radical (unpaired) electrons. The summed E-state index contributed by atoms with van der Waals surface area (Å²) in [5.74, 6) is 27.0. The van der Waals surface area contributed by atoms with Crippen LogP contribution < -0.4 is 16.2 Å². The summed E-state index contributed by atoms with van der Waals surface area (Å²) in [6.07, 6.45) is 53.0. The van der Waals surface area contributed by atoms with Crippen molar-refractivity contribution in [1.82, 2.24) is 5.32 Å². The molecule has 0 aliphatic heterocycles. The molecule has 19 nitrogen and oxygen atoms in total. The molecule has 0 saturated carbocycles. The fourth-order valence-corrected chi connectivity index (χ4v) is 11.1. The fourth-order valence-electron chi connectivity index (χ4n) is 6.25. The zero-order chi connectivity index (χ0) is 76.8. The molecule has 0 spiro atoms. The molecule has 0 bridgehead atoms. The first-order valence-electron chi connectivity index (χ1n) is 31.2. The van der Waals surface area contributed by atoms with Crippen LogP contribution in [0.15, 0.2) is 0 Å².